The third-order valence-corrected chi connectivity index (χ3v) is 14.7. The van der Waals surface area contributed by atoms with Crippen molar-refractivity contribution in [1.82, 2.24) is 9.55 Å². The molecule has 9 rings (SSSR count). The molecule has 6 aromatic carbocycles. The van der Waals surface area contributed by atoms with Crippen LogP contribution in [0.25, 0.3) is 27.6 Å². The summed E-state index contributed by atoms with van der Waals surface area (Å²) >= 11 is 0. The first-order valence-corrected chi connectivity index (χ1v) is 25.4. The number of benzene rings is 6. The van der Waals surface area contributed by atoms with Gasteiger partial charge in [0.25, 0.3) is 0 Å². The third-order valence-electron chi connectivity index (χ3n) is 14.7. The van der Waals surface area contributed by atoms with E-state index >= 15 is 0 Å². The van der Waals surface area contributed by atoms with Crippen LogP contribution < -0.4 is 14.5 Å². The molecule has 2 aromatic heterocycles. The van der Waals surface area contributed by atoms with Crippen molar-refractivity contribution < 1.29 is 25.8 Å². The van der Waals surface area contributed by atoms with Crippen LogP contribution in [-0.4, -0.2) is 9.55 Å². The predicted molar refractivity (Wildman–Crippen MR) is 299 cm³/mol. The number of ether oxygens (including phenoxy) is 1. The van der Waals surface area contributed by atoms with Gasteiger partial charge in [0, 0.05) is 66.5 Å². The summed E-state index contributed by atoms with van der Waals surface area (Å²) < 4.78 is 9.34. The van der Waals surface area contributed by atoms with Crippen molar-refractivity contribution in [2.24, 2.45) is 5.41 Å². The molecule has 3 heterocycles. The first-order chi connectivity index (χ1) is 33.2. The number of nitrogens with zero attached hydrogens (tertiary/aromatic N) is 4. The molecule has 0 amide bonds. The number of aromatic nitrogens is 2. The molecule has 5 nitrogen and oxygen atoms in total. The normalized spacial score (nSPS) is 14.0. The van der Waals surface area contributed by atoms with Crippen LogP contribution in [0.2, 0.25) is 0 Å². The Morgan fingerprint density at radius 1 is 0.472 bits per heavy atom. The Morgan fingerprint density at radius 2 is 1.06 bits per heavy atom. The maximum Gasteiger partial charge on any atom is 0.135 e. The molecule has 0 radical (unpaired) electrons. The molecule has 0 aliphatic carbocycles. The average molecular weight is 1130 g/mol. The minimum atomic E-state index is -0.369. The van der Waals surface area contributed by atoms with Gasteiger partial charge in [0.15, 0.2) is 0 Å². The van der Waals surface area contributed by atoms with Gasteiger partial charge >= 0.3 is 0 Å². The van der Waals surface area contributed by atoms with Crippen LogP contribution in [0.15, 0.2) is 152 Å². The van der Waals surface area contributed by atoms with Gasteiger partial charge in [-0.25, -0.2) is 4.98 Å². The SMILES string of the molecule is CC(C)(C)C1=CN(c2cc(C(C)(C)C)cc(C(C)(C)C)c2)[CH-]N1c1[c-]c(Oc2[c-]c3c(cc2)c2cc(C(C)(C)C)ccc2n3-c2cc(C(C)(C)c3ccccc3)ccn2)cc(C(C)(C)c2ccccc2)c1.[Pt]. The van der Waals surface area contributed by atoms with Crippen molar-refractivity contribution in [2.45, 2.75) is 138 Å². The summed E-state index contributed by atoms with van der Waals surface area (Å²) in [6, 6.07) is 56.0. The van der Waals surface area contributed by atoms with Crippen molar-refractivity contribution in [1.29, 1.82) is 0 Å². The fraction of sp³-hybridized carbons (Fsp3) is 0.333. The van der Waals surface area contributed by atoms with Gasteiger partial charge in [-0.3, -0.25) is 0 Å². The van der Waals surface area contributed by atoms with Gasteiger partial charge in [-0.15, -0.1) is 53.6 Å². The molecule has 0 N–H and O–H groups in total. The molecular weight excluding hydrogens is 1060 g/mol. The minimum Gasteiger partial charge on any atom is -0.509 e. The van der Waals surface area contributed by atoms with Gasteiger partial charge in [0.05, 0.1) is 0 Å². The van der Waals surface area contributed by atoms with E-state index in [1.54, 1.807) is 0 Å². The molecule has 1 aliphatic rings. The second-order valence-electron chi connectivity index (χ2n) is 24.9. The zero-order valence-electron chi connectivity index (χ0n) is 45.4. The molecule has 0 fully saturated rings. The van der Waals surface area contributed by atoms with Crippen molar-refractivity contribution in [3.05, 3.63) is 209 Å². The van der Waals surface area contributed by atoms with E-state index in [1.807, 2.05) is 6.20 Å². The Balaban J connectivity index is 0.00000693. The maximum absolute atomic E-state index is 7.08. The quantitative estimate of drug-likeness (QED) is 0.135. The second kappa shape index (κ2) is 18.9. The molecule has 0 spiro atoms. The van der Waals surface area contributed by atoms with Crippen molar-refractivity contribution in [2.75, 3.05) is 9.80 Å². The summed E-state index contributed by atoms with van der Waals surface area (Å²) in [5.41, 5.74) is 12.9. The Kier molecular flexibility index (Phi) is 13.7. The minimum absolute atomic E-state index is 0. The molecule has 72 heavy (non-hydrogen) atoms. The van der Waals surface area contributed by atoms with E-state index in [9.17, 15) is 0 Å². The van der Waals surface area contributed by atoms with Crippen LogP contribution in [0.5, 0.6) is 11.5 Å². The van der Waals surface area contributed by atoms with Crippen LogP contribution >= 0.6 is 0 Å². The summed E-state index contributed by atoms with van der Waals surface area (Å²) in [4.78, 5) is 9.67. The van der Waals surface area contributed by atoms with Gasteiger partial charge in [-0.1, -0.05) is 195 Å². The number of fused-ring (bicyclic) bond motifs is 3. The molecule has 0 saturated carbocycles. The van der Waals surface area contributed by atoms with Gasteiger partial charge in [-0.05, 0) is 97.0 Å². The van der Waals surface area contributed by atoms with E-state index in [-0.39, 0.29) is 53.6 Å². The van der Waals surface area contributed by atoms with Gasteiger partial charge in [0.1, 0.15) is 5.82 Å². The van der Waals surface area contributed by atoms with Crippen LogP contribution in [-0.2, 0) is 48.1 Å². The van der Waals surface area contributed by atoms with Crippen LogP contribution in [0.3, 0.4) is 0 Å². The molecule has 0 unspecified atom stereocenters. The molecule has 8 aromatic rings. The van der Waals surface area contributed by atoms with Gasteiger partial charge in [-0.2, -0.15) is 6.07 Å². The maximum atomic E-state index is 7.08. The van der Waals surface area contributed by atoms with Crippen LogP contribution in [0.1, 0.15) is 150 Å². The monoisotopic (exact) mass is 1130 g/mol. The van der Waals surface area contributed by atoms with Crippen molar-refractivity contribution in [3.8, 4) is 17.3 Å². The molecule has 1 aliphatic heterocycles. The third kappa shape index (κ3) is 10.2. The van der Waals surface area contributed by atoms with Crippen molar-refractivity contribution in [3.63, 3.8) is 0 Å². The summed E-state index contributed by atoms with van der Waals surface area (Å²) in [6.45, 7) is 38.8. The van der Waals surface area contributed by atoms with E-state index in [0.717, 1.165) is 50.3 Å². The summed E-state index contributed by atoms with van der Waals surface area (Å²) in [7, 11) is 0. The Labute approximate surface area is 445 Å². The molecule has 6 heteroatoms. The molecular formula is C66H73N4OPt-3. The van der Waals surface area contributed by atoms with E-state index in [4.69, 9.17) is 9.72 Å². The van der Waals surface area contributed by atoms with E-state index < -0.39 is 0 Å². The number of hydrogen-bond acceptors (Lipinski definition) is 4. The fourth-order valence-corrected chi connectivity index (χ4v) is 9.78. The topological polar surface area (TPSA) is 33.5 Å². The molecule has 0 saturated heterocycles. The van der Waals surface area contributed by atoms with Gasteiger partial charge in [0.2, 0.25) is 0 Å². The second-order valence-corrected chi connectivity index (χ2v) is 24.9. The summed E-state index contributed by atoms with van der Waals surface area (Å²) in [5, 5.41) is 2.25. The summed E-state index contributed by atoms with van der Waals surface area (Å²) in [5.74, 6) is 2.05. The largest absolute Gasteiger partial charge is 0.509 e. The zero-order valence-corrected chi connectivity index (χ0v) is 47.7. The standard InChI is InChI=1S/C66H73N4O.Pt/c1-61(2,3)46-27-30-57-56(38-46)55-29-28-53(41-58(55)70(57)60-39-47(31-32-67-60)65(13,14)44-23-19-17-20-24-44)71-54-37-50(66(15,16)45-25-21-18-22-26-45)36-52(40-54)69-43-68(42-59(69)64(10,11)12)51-34-48(62(4,5)6)33-49(35-51)63(7,8)9;/h17-39,42-43H,1-16H3;/q-3;. The number of pyridine rings is 1. The zero-order chi connectivity index (χ0) is 51.1. The molecule has 0 atom stereocenters. The van der Waals surface area contributed by atoms with E-state index in [0.29, 0.717) is 11.5 Å². The predicted octanol–water partition coefficient (Wildman–Crippen LogP) is 17.4. The van der Waals surface area contributed by atoms with Crippen molar-refractivity contribution >= 4 is 33.2 Å². The Bertz CT molecular complexity index is 3260. The van der Waals surface area contributed by atoms with E-state index in [2.05, 4.69) is 284 Å². The summed E-state index contributed by atoms with van der Waals surface area (Å²) in [6.07, 6.45) is 4.24. The number of rotatable bonds is 9. The number of allylic oxidation sites excluding steroid dienone is 1. The first-order valence-electron chi connectivity index (χ1n) is 25.4. The fourth-order valence-electron chi connectivity index (χ4n) is 9.78. The average Bonchev–Trinajstić information content (AvgIpc) is 3.92. The first kappa shape index (κ1) is 52.4. The molecule has 0 bridgehead atoms. The molecule has 376 valence electrons. The van der Waals surface area contributed by atoms with E-state index in [1.165, 1.54) is 33.4 Å². The van der Waals surface area contributed by atoms with Crippen LogP contribution in [0.4, 0.5) is 11.4 Å². The number of hydrogen-bond donors (Lipinski definition) is 0. The Morgan fingerprint density at radius 3 is 1.62 bits per heavy atom. The van der Waals surface area contributed by atoms with Crippen LogP contribution in [0, 0.1) is 24.2 Å². The number of anilines is 2. The Hall–Kier alpha value is -5.90. The van der Waals surface area contributed by atoms with Gasteiger partial charge < -0.3 is 19.1 Å². The smallest absolute Gasteiger partial charge is 0.135 e.